The van der Waals surface area contributed by atoms with E-state index in [-0.39, 0.29) is 29.1 Å². The van der Waals surface area contributed by atoms with Crippen LogP contribution in [0.5, 0.6) is 5.75 Å². The van der Waals surface area contributed by atoms with Crippen molar-refractivity contribution in [3.8, 4) is 5.75 Å². The number of rotatable bonds is 12. The zero-order chi connectivity index (χ0) is 29.4. The normalized spacial score (nSPS) is 12.8. The maximum absolute atomic E-state index is 13.9. The number of nitrogens with one attached hydrogen (secondary N) is 1. The first-order valence-electron chi connectivity index (χ1n) is 13.0. The number of carbonyl (C=O) groups excluding carboxylic acids is 2. The molecule has 214 valence electrons. The predicted molar refractivity (Wildman–Crippen MR) is 153 cm³/mol. The summed E-state index contributed by atoms with van der Waals surface area (Å²) in [6.45, 7) is 6.83. The molecule has 10 heteroatoms. The SMILES string of the molecule is CC[C@H](C)NC(=O)[C@@H](C)N(Cc1ccccc1C)C(=O)CN(c1ccc(F)cc1)S(=O)(=O)c1ccc(OC)cc1. The van der Waals surface area contributed by atoms with Crippen molar-refractivity contribution in [3.63, 3.8) is 0 Å². The number of carbonyl (C=O) groups is 2. The third-order valence-corrected chi connectivity index (χ3v) is 8.60. The molecule has 0 radical (unpaired) electrons. The Bertz CT molecular complexity index is 1410. The Morgan fingerprint density at radius 2 is 1.60 bits per heavy atom. The highest BCUT2D eigenvalue weighted by Crippen LogP contribution is 2.26. The molecule has 8 nitrogen and oxygen atoms in total. The molecule has 0 fully saturated rings. The number of anilines is 1. The monoisotopic (exact) mass is 569 g/mol. The van der Waals surface area contributed by atoms with E-state index in [4.69, 9.17) is 4.74 Å². The summed E-state index contributed by atoms with van der Waals surface area (Å²) in [7, 11) is -2.80. The number of methoxy groups -OCH3 is 1. The van der Waals surface area contributed by atoms with Crippen molar-refractivity contribution < 1.29 is 27.1 Å². The molecule has 0 unspecified atom stereocenters. The summed E-state index contributed by atoms with van der Waals surface area (Å²) in [5, 5.41) is 2.90. The minimum atomic E-state index is -4.26. The number of amides is 2. The minimum Gasteiger partial charge on any atom is -0.497 e. The van der Waals surface area contributed by atoms with E-state index in [1.165, 1.54) is 48.4 Å². The van der Waals surface area contributed by atoms with Crippen LogP contribution in [-0.4, -0.2) is 50.9 Å². The number of hydrogen-bond acceptors (Lipinski definition) is 5. The van der Waals surface area contributed by atoms with Crippen molar-refractivity contribution in [2.24, 2.45) is 0 Å². The zero-order valence-corrected chi connectivity index (χ0v) is 24.2. The second kappa shape index (κ2) is 13.4. The summed E-state index contributed by atoms with van der Waals surface area (Å²) in [4.78, 5) is 28.4. The van der Waals surface area contributed by atoms with Crippen LogP contribution in [0.3, 0.4) is 0 Å². The second-order valence-corrected chi connectivity index (χ2v) is 11.5. The summed E-state index contributed by atoms with van der Waals surface area (Å²) in [6.07, 6.45) is 0.711. The summed E-state index contributed by atoms with van der Waals surface area (Å²) in [5.74, 6) is -1.01. The van der Waals surface area contributed by atoms with E-state index < -0.39 is 34.3 Å². The van der Waals surface area contributed by atoms with Crippen molar-refractivity contribution in [1.82, 2.24) is 10.2 Å². The number of benzene rings is 3. The Labute approximate surface area is 235 Å². The molecule has 0 aliphatic carbocycles. The fourth-order valence-electron chi connectivity index (χ4n) is 4.03. The van der Waals surface area contributed by atoms with Crippen LogP contribution < -0.4 is 14.4 Å². The standard InChI is InChI=1S/C30H36FN3O5S/c1-6-22(3)32-30(36)23(4)33(19-24-10-8-7-9-21(24)2)29(35)20-34(26-13-11-25(31)12-14-26)40(37,38)28-17-15-27(39-5)16-18-28/h7-18,22-23H,6,19-20H2,1-5H3,(H,32,36)/t22-,23+/m0/s1. The van der Waals surface area contributed by atoms with Gasteiger partial charge in [-0.1, -0.05) is 31.2 Å². The fraction of sp³-hybridized carbons (Fsp3) is 0.333. The molecular formula is C30H36FN3O5S. The molecule has 0 spiro atoms. The lowest BCUT2D eigenvalue weighted by Gasteiger charge is -2.32. The molecule has 0 aliphatic rings. The summed E-state index contributed by atoms with van der Waals surface area (Å²) in [5.41, 5.74) is 1.86. The first kappa shape index (κ1) is 30.6. The minimum absolute atomic E-state index is 0.0709. The van der Waals surface area contributed by atoms with E-state index in [0.29, 0.717) is 12.2 Å². The van der Waals surface area contributed by atoms with Gasteiger partial charge >= 0.3 is 0 Å². The van der Waals surface area contributed by atoms with Gasteiger partial charge in [-0.2, -0.15) is 0 Å². The Morgan fingerprint density at radius 1 is 0.975 bits per heavy atom. The zero-order valence-electron chi connectivity index (χ0n) is 23.4. The van der Waals surface area contributed by atoms with E-state index in [0.717, 1.165) is 27.6 Å². The molecule has 3 aromatic carbocycles. The molecule has 0 aliphatic heterocycles. The number of ether oxygens (including phenoxy) is 1. The smallest absolute Gasteiger partial charge is 0.264 e. The Morgan fingerprint density at radius 3 is 2.17 bits per heavy atom. The molecule has 0 aromatic heterocycles. The third kappa shape index (κ3) is 7.38. The van der Waals surface area contributed by atoms with Gasteiger partial charge in [0.25, 0.3) is 10.0 Å². The lowest BCUT2D eigenvalue weighted by atomic mass is 10.1. The van der Waals surface area contributed by atoms with Gasteiger partial charge < -0.3 is 15.0 Å². The van der Waals surface area contributed by atoms with Crippen LogP contribution in [0.4, 0.5) is 10.1 Å². The highest BCUT2D eigenvalue weighted by molar-refractivity contribution is 7.92. The van der Waals surface area contributed by atoms with Gasteiger partial charge in [-0.3, -0.25) is 13.9 Å². The van der Waals surface area contributed by atoms with Crippen molar-refractivity contribution in [3.05, 3.63) is 89.7 Å². The number of halogens is 1. The van der Waals surface area contributed by atoms with Crippen LogP contribution >= 0.6 is 0 Å². The Kier molecular flexibility index (Phi) is 10.3. The number of hydrogen-bond donors (Lipinski definition) is 1. The maximum Gasteiger partial charge on any atom is 0.264 e. The van der Waals surface area contributed by atoms with Crippen LogP contribution in [0.15, 0.2) is 77.7 Å². The van der Waals surface area contributed by atoms with E-state index >= 15 is 0 Å². The first-order chi connectivity index (χ1) is 19.0. The molecule has 3 rings (SSSR count). The lowest BCUT2D eigenvalue weighted by molar-refractivity contribution is -0.139. The third-order valence-electron chi connectivity index (χ3n) is 6.81. The second-order valence-electron chi connectivity index (χ2n) is 9.61. The molecule has 3 aromatic rings. The van der Waals surface area contributed by atoms with Crippen LogP contribution in [0.2, 0.25) is 0 Å². The summed E-state index contributed by atoms with van der Waals surface area (Å²) < 4.78 is 47.5. The van der Waals surface area contributed by atoms with Gasteiger partial charge in [-0.25, -0.2) is 12.8 Å². The van der Waals surface area contributed by atoms with Gasteiger partial charge in [0.2, 0.25) is 11.8 Å². The molecule has 40 heavy (non-hydrogen) atoms. The van der Waals surface area contributed by atoms with Gasteiger partial charge in [0.1, 0.15) is 24.2 Å². The predicted octanol–water partition coefficient (Wildman–Crippen LogP) is 4.67. The fourth-order valence-corrected chi connectivity index (χ4v) is 5.44. The van der Waals surface area contributed by atoms with Gasteiger partial charge in [0.05, 0.1) is 17.7 Å². The van der Waals surface area contributed by atoms with Crippen molar-refractivity contribution in [2.45, 2.75) is 57.6 Å². The largest absolute Gasteiger partial charge is 0.497 e. The quantitative estimate of drug-likeness (QED) is 0.342. The molecule has 0 bridgehead atoms. The number of aryl methyl sites for hydroxylation is 1. The van der Waals surface area contributed by atoms with E-state index in [1.54, 1.807) is 6.92 Å². The molecule has 0 saturated carbocycles. The first-order valence-corrected chi connectivity index (χ1v) is 14.5. The van der Waals surface area contributed by atoms with Crippen molar-refractivity contribution in [2.75, 3.05) is 18.0 Å². The van der Waals surface area contributed by atoms with E-state index in [2.05, 4.69) is 5.32 Å². The van der Waals surface area contributed by atoms with Crippen LogP contribution in [0, 0.1) is 12.7 Å². The topological polar surface area (TPSA) is 96.0 Å². The average Bonchev–Trinajstić information content (AvgIpc) is 2.95. The van der Waals surface area contributed by atoms with E-state index in [1.807, 2.05) is 45.0 Å². The summed E-state index contributed by atoms with van der Waals surface area (Å²) >= 11 is 0. The van der Waals surface area contributed by atoms with Crippen LogP contribution in [0.25, 0.3) is 0 Å². The number of nitrogens with zero attached hydrogens (tertiary/aromatic N) is 2. The number of sulfonamides is 1. The lowest BCUT2D eigenvalue weighted by Crippen LogP contribution is -2.52. The van der Waals surface area contributed by atoms with Crippen molar-refractivity contribution >= 4 is 27.5 Å². The molecule has 0 saturated heterocycles. The van der Waals surface area contributed by atoms with Gasteiger partial charge in [-0.05, 0) is 86.8 Å². The van der Waals surface area contributed by atoms with Crippen LogP contribution in [-0.2, 0) is 26.2 Å². The maximum atomic E-state index is 13.9. The molecule has 1 N–H and O–H groups in total. The van der Waals surface area contributed by atoms with E-state index in [9.17, 15) is 22.4 Å². The summed E-state index contributed by atoms with van der Waals surface area (Å²) in [6, 6.07) is 17.1. The molecular weight excluding hydrogens is 533 g/mol. The van der Waals surface area contributed by atoms with Gasteiger partial charge in [0.15, 0.2) is 0 Å². The highest BCUT2D eigenvalue weighted by atomic mass is 32.2. The molecule has 0 heterocycles. The van der Waals surface area contributed by atoms with Gasteiger partial charge in [0, 0.05) is 12.6 Å². The Balaban J connectivity index is 2.03. The highest BCUT2D eigenvalue weighted by Gasteiger charge is 2.33. The molecule has 2 atom stereocenters. The molecule has 2 amide bonds. The van der Waals surface area contributed by atoms with Gasteiger partial charge in [-0.15, -0.1) is 0 Å². The average molecular weight is 570 g/mol. The van der Waals surface area contributed by atoms with Crippen LogP contribution in [0.1, 0.15) is 38.3 Å². The Hall–Kier alpha value is -3.92. The van der Waals surface area contributed by atoms with Crippen molar-refractivity contribution in [1.29, 1.82) is 0 Å².